The van der Waals surface area contributed by atoms with Gasteiger partial charge in [-0.2, -0.15) is 12.7 Å². The van der Waals surface area contributed by atoms with Crippen molar-refractivity contribution in [1.29, 1.82) is 0 Å². The standard InChI is InChI=1S/C8H13NO7S/c1-8(2,3)16-7(12)9-5(6(10)11)4-15-17(9,13)14/h5H,4H2,1-3H3,(H,10,11)/p-1/t5-/m0/s1. The minimum Gasteiger partial charge on any atom is -0.548 e. The molecule has 0 aliphatic carbocycles. The molecule has 1 heterocycles. The van der Waals surface area contributed by atoms with Crippen LogP contribution in [0.2, 0.25) is 0 Å². The molecule has 0 unspecified atom stereocenters. The lowest BCUT2D eigenvalue weighted by Gasteiger charge is -2.26. The second-order valence-corrected chi connectivity index (χ2v) is 5.84. The topological polar surface area (TPSA) is 113 Å². The van der Waals surface area contributed by atoms with Gasteiger partial charge in [0.2, 0.25) is 0 Å². The van der Waals surface area contributed by atoms with E-state index in [1.807, 2.05) is 0 Å². The molecule has 0 aromatic carbocycles. The number of nitrogens with zero attached hydrogens (tertiary/aromatic N) is 1. The molecule has 0 radical (unpaired) electrons. The third kappa shape index (κ3) is 3.07. The number of carbonyl (C=O) groups excluding carboxylic acids is 2. The molecular formula is C8H12NO7S-. The average Bonchev–Trinajstić information content (AvgIpc) is 2.37. The van der Waals surface area contributed by atoms with Gasteiger partial charge in [0.15, 0.2) is 0 Å². The lowest BCUT2D eigenvalue weighted by molar-refractivity contribution is -0.309. The normalized spacial score (nSPS) is 23.5. The quantitative estimate of drug-likeness (QED) is 0.574. The highest BCUT2D eigenvalue weighted by molar-refractivity contribution is 7.85. The molecule has 1 aliphatic heterocycles. The summed E-state index contributed by atoms with van der Waals surface area (Å²) >= 11 is 0. The summed E-state index contributed by atoms with van der Waals surface area (Å²) in [6.07, 6.45) is -1.30. The van der Waals surface area contributed by atoms with Gasteiger partial charge in [-0.1, -0.05) is 0 Å². The van der Waals surface area contributed by atoms with E-state index in [2.05, 4.69) is 4.18 Å². The van der Waals surface area contributed by atoms with Crippen molar-refractivity contribution >= 4 is 22.4 Å². The second kappa shape index (κ2) is 4.15. The first-order valence-electron chi connectivity index (χ1n) is 4.67. The van der Waals surface area contributed by atoms with E-state index in [1.54, 1.807) is 0 Å². The molecule has 0 saturated carbocycles. The van der Waals surface area contributed by atoms with Crippen LogP contribution in [0.3, 0.4) is 0 Å². The predicted molar refractivity (Wildman–Crippen MR) is 51.7 cm³/mol. The number of carbonyl (C=O) groups is 2. The Labute approximate surface area is 98.4 Å². The van der Waals surface area contributed by atoms with Crippen LogP contribution in [0.4, 0.5) is 4.79 Å². The molecule has 1 amide bonds. The van der Waals surface area contributed by atoms with Gasteiger partial charge in [0.25, 0.3) is 0 Å². The lowest BCUT2D eigenvalue weighted by atomic mass is 10.2. The summed E-state index contributed by atoms with van der Waals surface area (Å²) in [7, 11) is -4.41. The molecule has 9 heteroatoms. The summed E-state index contributed by atoms with van der Waals surface area (Å²) in [6.45, 7) is 3.87. The van der Waals surface area contributed by atoms with E-state index >= 15 is 0 Å². The highest BCUT2D eigenvalue weighted by Gasteiger charge is 2.45. The zero-order chi connectivity index (χ0) is 13.4. The van der Waals surface area contributed by atoms with Gasteiger partial charge in [0.05, 0.1) is 12.6 Å². The summed E-state index contributed by atoms with van der Waals surface area (Å²) in [6, 6.07) is -1.70. The lowest BCUT2D eigenvalue weighted by Crippen LogP contribution is -2.50. The van der Waals surface area contributed by atoms with E-state index < -0.39 is 40.6 Å². The van der Waals surface area contributed by atoms with Gasteiger partial charge in [-0.05, 0) is 20.8 Å². The van der Waals surface area contributed by atoms with Crippen molar-refractivity contribution in [1.82, 2.24) is 4.31 Å². The number of hydrogen-bond donors (Lipinski definition) is 0. The Balaban J connectivity index is 2.99. The molecule has 0 N–H and O–H groups in total. The molecule has 1 atom stereocenters. The van der Waals surface area contributed by atoms with Crippen molar-refractivity contribution in [2.24, 2.45) is 0 Å². The van der Waals surface area contributed by atoms with E-state index in [9.17, 15) is 23.1 Å². The summed E-state index contributed by atoms with van der Waals surface area (Å²) in [4.78, 5) is 22.2. The molecule has 8 nitrogen and oxygen atoms in total. The summed E-state index contributed by atoms with van der Waals surface area (Å²) < 4.78 is 31.7. The van der Waals surface area contributed by atoms with Crippen LogP contribution < -0.4 is 5.11 Å². The number of amides is 1. The van der Waals surface area contributed by atoms with E-state index in [0.717, 1.165) is 0 Å². The van der Waals surface area contributed by atoms with Crippen molar-refractivity contribution in [3.8, 4) is 0 Å². The summed E-state index contributed by atoms with van der Waals surface area (Å²) in [5, 5.41) is 10.7. The van der Waals surface area contributed by atoms with Crippen LogP contribution in [0, 0.1) is 0 Å². The fraction of sp³-hybridized carbons (Fsp3) is 0.750. The van der Waals surface area contributed by atoms with E-state index in [-0.39, 0.29) is 4.31 Å². The highest BCUT2D eigenvalue weighted by atomic mass is 32.2. The Kier molecular flexibility index (Phi) is 3.35. The number of hydrogen-bond acceptors (Lipinski definition) is 7. The predicted octanol–water partition coefficient (Wildman–Crippen LogP) is -1.38. The minimum absolute atomic E-state index is 0.0353. The third-order valence-electron chi connectivity index (χ3n) is 1.74. The minimum atomic E-state index is -4.41. The molecular weight excluding hydrogens is 254 g/mol. The van der Waals surface area contributed by atoms with Crippen molar-refractivity contribution in [2.45, 2.75) is 32.4 Å². The van der Waals surface area contributed by atoms with Gasteiger partial charge in [0, 0.05) is 0 Å². The first-order chi connectivity index (χ1) is 7.54. The maximum atomic E-state index is 11.5. The molecule has 98 valence electrons. The molecule has 0 aromatic heterocycles. The largest absolute Gasteiger partial charge is 0.548 e. The van der Waals surface area contributed by atoms with E-state index in [4.69, 9.17) is 4.74 Å². The van der Waals surface area contributed by atoms with Gasteiger partial charge >= 0.3 is 16.4 Å². The van der Waals surface area contributed by atoms with Crippen molar-refractivity contribution in [3.05, 3.63) is 0 Å². The smallest absolute Gasteiger partial charge is 0.426 e. The molecule has 0 aromatic rings. The molecule has 1 fully saturated rings. The van der Waals surface area contributed by atoms with E-state index in [1.165, 1.54) is 20.8 Å². The Morgan fingerprint density at radius 1 is 1.41 bits per heavy atom. The number of ether oxygens (including phenoxy) is 1. The number of carboxylic acid groups (broad SMARTS) is 1. The Morgan fingerprint density at radius 3 is 2.35 bits per heavy atom. The summed E-state index contributed by atoms with van der Waals surface area (Å²) in [5.74, 6) is -1.73. The highest BCUT2D eigenvalue weighted by Crippen LogP contribution is 2.22. The molecule has 1 aliphatic rings. The average molecular weight is 266 g/mol. The van der Waals surface area contributed by atoms with Crippen LogP contribution >= 0.6 is 0 Å². The van der Waals surface area contributed by atoms with E-state index in [0.29, 0.717) is 0 Å². The number of carboxylic acids is 1. The second-order valence-electron chi connectivity index (χ2n) is 4.35. The van der Waals surface area contributed by atoms with Crippen LogP contribution in [-0.4, -0.2) is 43.0 Å². The maximum absolute atomic E-state index is 11.5. The maximum Gasteiger partial charge on any atom is 0.426 e. The third-order valence-corrected chi connectivity index (χ3v) is 3.06. The number of aliphatic carboxylic acids is 1. The Hall–Kier alpha value is -1.35. The van der Waals surface area contributed by atoms with Crippen molar-refractivity contribution in [3.63, 3.8) is 0 Å². The molecule has 0 spiro atoms. The van der Waals surface area contributed by atoms with Crippen molar-refractivity contribution < 1.29 is 32.0 Å². The van der Waals surface area contributed by atoms with Gasteiger partial charge in [0.1, 0.15) is 11.6 Å². The van der Waals surface area contributed by atoms with Crippen LogP contribution in [0.5, 0.6) is 0 Å². The SMILES string of the molecule is CC(C)(C)OC(=O)N1[C@H](C(=O)[O-])COS1(=O)=O. The van der Waals surface area contributed by atoms with Crippen molar-refractivity contribution in [2.75, 3.05) is 6.61 Å². The molecule has 17 heavy (non-hydrogen) atoms. The van der Waals surface area contributed by atoms with Crippen LogP contribution in [0.1, 0.15) is 20.8 Å². The fourth-order valence-corrected chi connectivity index (χ4v) is 2.21. The Morgan fingerprint density at radius 2 is 1.94 bits per heavy atom. The monoisotopic (exact) mass is 266 g/mol. The zero-order valence-electron chi connectivity index (χ0n) is 9.50. The molecule has 1 saturated heterocycles. The first-order valence-corrected chi connectivity index (χ1v) is 6.04. The summed E-state index contributed by atoms with van der Waals surface area (Å²) in [5.41, 5.74) is -0.953. The van der Waals surface area contributed by atoms with Crippen LogP contribution in [0.25, 0.3) is 0 Å². The molecule has 0 bridgehead atoms. The Bertz CT molecular complexity index is 435. The van der Waals surface area contributed by atoms with Gasteiger partial charge in [-0.3, -0.25) is 4.18 Å². The first kappa shape index (κ1) is 13.7. The van der Waals surface area contributed by atoms with Gasteiger partial charge < -0.3 is 14.6 Å². The van der Waals surface area contributed by atoms with Crippen LogP contribution in [-0.2, 0) is 24.0 Å². The fourth-order valence-electron chi connectivity index (χ4n) is 1.12. The van der Waals surface area contributed by atoms with Gasteiger partial charge in [-0.15, -0.1) is 0 Å². The van der Waals surface area contributed by atoms with Crippen LogP contribution in [0.15, 0.2) is 0 Å². The molecule has 1 rings (SSSR count). The zero-order valence-corrected chi connectivity index (χ0v) is 10.3. The number of rotatable bonds is 1. The van der Waals surface area contributed by atoms with Gasteiger partial charge in [-0.25, -0.2) is 4.79 Å².